The van der Waals surface area contributed by atoms with Gasteiger partial charge in [-0.3, -0.25) is 0 Å². The van der Waals surface area contributed by atoms with Gasteiger partial charge in [0.2, 0.25) is 0 Å². The van der Waals surface area contributed by atoms with Crippen LogP contribution in [-0.4, -0.2) is 15.4 Å². The van der Waals surface area contributed by atoms with E-state index in [1.165, 1.54) is 23.3 Å². The Morgan fingerprint density at radius 1 is 0.862 bits per heavy atom. The van der Waals surface area contributed by atoms with Crippen LogP contribution in [0.1, 0.15) is 25.8 Å². The van der Waals surface area contributed by atoms with Crippen molar-refractivity contribution in [2.24, 2.45) is 0 Å². The summed E-state index contributed by atoms with van der Waals surface area (Å²) >= 11 is 0. The minimum absolute atomic E-state index is 0.293. The van der Waals surface area contributed by atoms with Crippen LogP contribution in [0.15, 0.2) is 72.8 Å². The average Bonchev–Trinajstić information content (AvgIpc) is 2.75. The Hall–Kier alpha value is -2.59. The number of ether oxygens (including phenoxy) is 2. The van der Waals surface area contributed by atoms with E-state index in [1.54, 1.807) is 0 Å². The van der Waals surface area contributed by atoms with Crippen LogP contribution in [0.3, 0.4) is 0 Å². The Balaban J connectivity index is 1.58. The maximum absolute atomic E-state index is 14.1. The molecule has 0 aliphatic heterocycles. The van der Waals surface area contributed by atoms with Gasteiger partial charge in [0.25, 0.3) is 0 Å². The van der Waals surface area contributed by atoms with E-state index in [1.807, 2.05) is 49.4 Å². The van der Waals surface area contributed by atoms with Gasteiger partial charge in [-0.05, 0) is 55.3 Å². The quantitative estimate of drug-likeness (QED) is 0.364. The zero-order chi connectivity index (χ0) is 20.5. The van der Waals surface area contributed by atoms with Crippen molar-refractivity contribution in [2.75, 3.05) is 6.61 Å². The molecule has 3 rings (SSSR count). The molecule has 0 spiro atoms. The molecule has 151 valence electrons. The van der Waals surface area contributed by atoms with E-state index in [2.05, 4.69) is 31.2 Å². The second kappa shape index (κ2) is 10.8. The summed E-state index contributed by atoms with van der Waals surface area (Å²) in [5, 5.41) is 1.45. The lowest BCUT2D eigenvalue weighted by molar-refractivity contribution is 0.340. The lowest BCUT2D eigenvalue weighted by Crippen LogP contribution is -2.28. The first-order valence-electron chi connectivity index (χ1n) is 10.3. The van der Waals surface area contributed by atoms with Crippen LogP contribution >= 0.6 is 0 Å². The zero-order valence-electron chi connectivity index (χ0n) is 17.2. The molecule has 0 saturated heterocycles. The van der Waals surface area contributed by atoms with Gasteiger partial charge < -0.3 is 9.47 Å². The molecule has 2 nitrogen and oxygen atoms in total. The normalized spacial score (nSPS) is 10.9. The fraction of sp³-hybridized carbons (Fsp3) is 0.280. The van der Waals surface area contributed by atoms with Crippen LogP contribution in [-0.2, 0) is 6.42 Å². The van der Waals surface area contributed by atoms with Gasteiger partial charge >= 0.3 is 0 Å². The number of hydrogen-bond donors (Lipinski definition) is 0. The third kappa shape index (κ3) is 6.19. The summed E-state index contributed by atoms with van der Waals surface area (Å²) in [4.78, 5) is 0. The van der Waals surface area contributed by atoms with Crippen LogP contribution < -0.4 is 14.7 Å². The van der Waals surface area contributed by atoms with Crippen molar-refractivity contribution in [3.05, 3.63) is 84.2 Å². The molecule has 0 aromatic heterocycles. The lowest BCUT2D eigenvalue weighted by atomic mass is 10.1. The minimum Gasteiger partial charge on any atom is -0.494 e. The highest BCUT2D eigenvalue weighted by atomic mass is 28.3. The highest BCUT2D eigenvalue weighted by Gasteiger charge is 2.13. The van der Waals surface area contributed by atoms with Gasteiger partial charge in [0.15, 0.2) is 11.6 Å². The number of benzene rings is 3. The third-order valence-corrected chi connectivity index (χ3v) is 7.87. The standard InChI is InChI=1S/C25H28FO2Si/c1-3-27-21-13-15-23(16-14-21)29(4-2)18-8-9-20-12-17-24(26)25(19-20)28-22-10-6-5-7-11-22/h5-7,10-17,19H,3-4,8-9,18H2,1-2H3. The van der Waals surface area contributed by atoms with Gasteiger partial charge in [-0.25, -0.2) is 4.39 Å². The summed E-state index contributed by atoms with van der Waals surface area (Å²) in [6, 6.07) is 25.5. The van der Waals surface area contributed by atoms with E-state index < -0.39 is 8.80 Å². The Labute approximate surface area is 174 Å². The highest BCUT2D eigenvalue weighted by molar-refractivity contribution is 6.73. The van der Waals surface area contributed by atoms with Crippen molar-refractivity contribution in [1.29, 1.82) is 0 Å². The van der Waals surface area contributed by atoms with Crippen LogP contribution in [0.2, 0.25) is 12.1 Å². The summed E-state index contributed by atoms with van der Waals surface area (Å²) in [5.74, 6) is 1.55. The summed E-state index contributed by atoms with van der Waals surface area (Å²) in [5.41, 5.74) is 1.11. The van der Waals surface area contributed by atoms with E-state index in [0.29, 0.717) is 18.1 Å². The van der Waals surface area contributed by atoms with Gasteiger partial charge in [0.1, 0.15) is 11.5 Å². The van der Waals surface area contributed by atoms with Gasteiger partial charge in [-0.2, -0.15) is 0 Å². The second-order valence-corrected chi connectivity index (χ2v) is 9.94. The maximum atomic E-state index is 14.1. The van der Waals surface area contributed by atoms with E-state index >= 15 is 0 Å². The first-order valence-corrected chi connectivity index (χ1v) is 12.2. The zero-order valence-corrected chi connectivity index (χ0v) is 18.2. The predicted molar refractivity (Wildman–Crippen MR) is 120 cm³/mol. The SMILES string of the molecule is CCOc1ccc([Si](CC)CCCc2ccc(F)c(Oc3ccccc3)c2)cc1. The molecule has 0 aliphatic rings. The monoisotopic (exact) mass is 407 g/mol. The van der Waals surface area contributed by atoms with Crippen LogP contribution in [0.25, 0.3) is 0 Å². The molecule has 1 radical (unpaired) electrons. The third-order valence-electron chi connectivity index (χ3n) is 4.91. The molecule has 0 unspecified atom stereocenters. The van der Waals surface area contributed by atoms with Crippen molar-refractivity contribution >= 4 is 14.0 Å². The molecular formula is C25H28FO2Si. The first-order chi connectivity index (χ1) is 14.2. The predicted octanol–water partition coefficient (Wildman–Crippen LogP) is 6.37. The molecule has 0 N–H and O–H groups in total. The average molecular weight is 408 g/mol. The summed E-state index contributed by atoms with van der Waals surface area (Å²) < 4.78 is 25.4. The molecular weight excluding hydrogens is 379 g/mol. The molecule has 29 heavy (non-hydrogen) atoms. The van der Waals surface area contributed by atoms with Gasteiger partial charge in [0, 0.05) is 0 Å². The molecule has 0 bridgehead atoms. The number of hydrogen-bond acceptors (Lipinski definition) is 2. The molecule has 0 aliphatic carbocycles. The number of para-hydroxylation sites is 1. The van der Waals surface area contributed by atoms with Crippen molar-refractivity contribution in [2.45, 2.75) is 38.8 Å². The van der Waals surface area contributed by atoms with E-state index in [4.69, 9.17) is 9.47 Å². The van der Waals surface area contributed by atoms with Crippen molar-refractivity contribution in [3.63, 3.8) is 0 Å². The summed E-state index contributed by atoms with van der Waals surface area (Å²) in [6.45, 7) is 4.97. The Morgan fingerprint density at radius 3 is 2.31 bits per heavy atom. The lowest BCUT2D eigenvalue weighted by Gasteiger charge is -2.14. The molecule has 3 aromatic rings. The largest absolute Gasteiger partial charge is 0.494 e. The maximum Gasteiger partial charge on any atom is 0.165 e. The number of rotatable bonds is 10. The Morgan fingerprint density at radius 2 is 1.62 bits per heavy atom. The fourth-order valence-corrected chi connectivity index (χ4v) is 5.67. The van der Waals surface area contributed by atoms with Crippen LogP contribution in [0, 0.1) is 5.82 Å². The summed E-state index contributed by atoms with van der Waals surface area (Å²) in [7, 11) is -0.589. The Kier molecular flexibility index (Phi) is 7.88. The first kappa shape index (κ1) is 21.1. The van der Waals surface area contributed by atoms with Crippen LogP contribution in [0.5, 0.6) is 17.2 Å². The molecule has 0 fully saturated rings. The van der Waals surface area contributed by atoms with Gasteiger partial charge in [-0.1, -0.05) is 67.0 Å². The molecule has 3 aromatic carbocycles. The van der Waals surface area contributed by atoms with Gasteiger partial charge in [-0.15, -0.1) is 0 Å². The number of aryl methyl sites for hydroxylation is 1. The smallest absolute Gasteiger partial charge is 0.165 e. The van der Waals surface area contributed by atoms with Crippen molar-refractivity contribution < 1.29 is 13.9 Å². The van der Waals surface area contributed by atoms with E-state index in [9.17, 15) is 4.39 Å². The Bertz CT molecular complexity index is 881. The van der Waals surface area contributed by atoms with E-state index in [-0.39, 0.29) is 5.82 Å². The van der Waals surface area contributed by atoms with Crippen molar-refractivity contribution in [3.8, 4) is 17.2 Å². The number of halogens is 1. The van der Waals surface area contributed by atoms with Crippen molar-refractivity contribution in [1.82, 2.24) is 0 Å². The van der Waals surface area contributed by atoms with E-state index in [0.717, 1.165) is 24.2 Å². The molecule has 0 atom stereocenters. The fourth-order valence-electron chi connectivity index (χ4n) is 3.38. The summed E-state index contributed by atoms with van der Waals surface area (Å²) in [6.07, 6.45) is 2.02. The minimum atomic E-state index is -0.589. The molecule has 4 heteroatoms. The van der Waals surface area contributed by atoms with Crippen LogP contribution in [0.4, 0.5) is 4.39 Å². The molecule has 0 saturated carbocycles. The molecule has 0 amide bonds. The van der Waals surface area contributed by atoms with Gasteiger partial charge in [0.05, 0.1) is 15.4 Å². The second-order valence-electron chi connectivity index (χ2n) is 6.95. The molecule has 0 heterocycles. The highest BCUT2D eigenvalue weighted by Crippen LogP contribution is 2.26. The topological polar surface area (TPSA) is 18.5 Å².